The Bertz CT molecular complexity index is 259. The van der Waals surface area contributed by atoms with E-state index in [-0.39, 0.29) is 6.54 Å². The quantitative estimate of drug-likeness (QED) is 0.628. The van der Waals surface area contributed by atoms with Crippen LogP contribution in [-0.2, 0) is 0 Å². The first kappa shape index (κ1) is 7.48. The summed E-state index contributed by atoms with van der Waals surface area (Å²) in [4.78, 5) is 0. The summed E-state index contributed by atoms with van der Waals surface area (Å²) in [5.41, 5.74) is 0.868. The van der Waals surface area contributed by atoms with Crippen LogP contribution in [0.5, 0.6) is 0 Å². The fourth-order valence-corrected chi connectivity index (χ4v) is 0.623. The summed E-state index contributed by atoms with van der Waals surface area (Å²) >= 11 is 0. The Morgan fingerprint density at radius 1 is 1.55 bits per heavy atom. The smallest absolute Gasteiger partial charge is 0.149 e. The molecule has 0 saturated carbocycles. The SMILES string of the molecule is Cc1ccc(NCC#N)nn1. The van der Waals surface area contributed by atoms with Crippen molar-refractivity contribution in [3.05, 3.63) is 17.8 Å². The molecule has 4 nitrogen and oxygen atoms in total. The molecule has 0 aliphatic heterocycles. The van der Waals surface area contributed by atoms with Crippen molar-refractivity contribution in [2.45, 2.75) is 6.92 Å². The molecule has 0 aliphatic carbocycles. The van der Waals surface area contributed by atoms with Crippen LogP contribution < -0.4 is 5.32 Å². The fraction of sp³-hybridized carbons (Fsp3) is 0.286. The summed E-state index contributed by atoms with van der Waals surface area (Å²) in [5.74, 6) is 0.636. The second kappa shape index (κ2) is 3.52. The number of anilines is 1. The van der Waals surface area contributed by atoms with Crippen LogP contribution in [0, 0.1) is 18.3 Å². The number of hydrogen-bond donors (Lipinski definition) is 1. The number of aryl methyl sites for hydroxylation is 1. The predicted molar refractivity (Wildman–Crippen MR) is 40.9 cm³/mol. The molecule has 0 bridgehead atoms. The van der Waals surface area contributed by atoms with E-state index < -0.39 is 0 Å². The summed E-state index contributed by atoms with van der Waals surface area (Å²) in [5, 5.41) is 18.6. The maximum absolute atomic E-state index is 8.22. The van der Waals surface area contributed by atoms with E-state index in [1.165, 1.54) is 0 Å². The Hall–Kier alpha value is -1.63. The molecule has 0 aliphatic rings. The molecule has 1 N–H and O–H groups in total. The Labute approximate surface area is 64.9 Å². The maximum atomic E-state index is 8.22. The molecule has 0 fully saturated rings. The fourth-order valence-electron chi connectivity index (χ4n) is 0.623. The van der Waals surface area contributed by atoms with Gasteiger partial charge in [0.1, 0.15) is 12.4 Å². The monoisotopic (exact) mass is 148 g/mol. The lowest BCUT2D eigenvalue weighted by Gasteiger charge is -1.97. The van der Waals surface area contributed by atoms with E-state index in [0.717, 1.165) is 5.69 Å². The van der Waals surface area contributed by atoms with Gasteiger partial charge in [0.05, 0.1) is 11.8 Å². The minimum Gasteiger partial charge on any atom is -0.356 e. The van der Waals surface area contributed by atoms with Gasteiger partial charge in [-0.3, -0.25) is 0 Å². The molecule has 0 atom stereocenters. The zero-order valence-electron chi connectivity index (χ0n) is 6.20. The van der Waals surface area contributed by atoms with E-state index in [0.29, 0.717) is 5.82 Å². The molecule has 11 heavy (non-hydrogen) atoms. The van der Waals surface area contributed by atoms with Crippen LogP contribution in [0.4, 0.5) is 5.82 Å². The third-order valence-electron chi connectivity index (χ3n) is 1.15. The Balaban J connectivity index is 2.60. The molecule has 56 valence electrons. The second-order valence-corrected chi connectivity index (χ2v) is 2.07. The number of aromatic nitrogens is 2. The molecule has 0 radical (unpaired) electrons. The normalized spacial score (nSPS) is 8.73. The van der Waals surface area contributed by atoms with Gasteiger partial charge in [-0.05, 0) is 19.1 Å². The van der Waals surface area contributed by atoms with Crippen molar-refractivity contribution in [3.8, 4) is 6.07 Å². The third-order valence-corrected chi connectivity index (χ3v) is 1.15. The van der Waals surface area contributed by atoms with Crippen molar-refractivity contribution < 1.29 is 0 Å². The first-order valence-electron chi connectivity index (χ1n) is 3.24. The van der Waals surface area contributed by atoms with E-state index in [4.69, 9.17) is 5.26 Å². The van der Waals surface area contributed by atoms with Crippen LogP contribution >= 0.6 is 0 Å². The topological polar surface area (TPSA) is 61.6 Å². The van der Waals surface area contributed by atoms with Crippen LogP contribution in [0.15, 0.2) is 12.1 Å². The van der Waals surface area contributed by atoms with Crippen molar-refractivity contribution in [2.75, 3.05) is 11.9 Å². The average Bonchev–Trinajstić information content (AvgIpc) is 2.04. The molecule has 0 spiro atoms. The highest BCUT2D eigenvalue weighted by molar-refractivity contribution is 5.33. The van der Waals surface area contributed by atoms with Crippen molar-refractivity contribution in [1.82, 2.24) is 10.2 Å². The van der Waals surface area contributed by atoms with E-state index in [1.807, 2.05) is 19.1 Å². The molecule has 1 aromatic heterocycles. The molecule has 0 unspecified atom stereocenters. The number of nitrogens with zero attached hydrogens (tertiary/aromatic N) is 3. The molecule has 1 heterocycles. The van der Waals surface area contributed by atoms with Gasteiger partial charge in [-0.1, -0.05) is 0 Å². The van der Waals surface area contributed by atoms with Crippen LogP contribution in [0.1, 0.15) is 5.69 Å². The van der Waals surface area contributed by atoms with Crippen molar-refractivity contribution in [1.29, 1.82) is 5.26 Å². The molecule has 0 amide bonds. The molecule has 4 heteroatoms. The molecule has 0 saturated heterocycles. The zero-order chi connectivity index (χ0) is 8.10. The van der Waals surface area contributed by atoms with E-state index >= 15 is 0 Å². The van der Waals surface area contributed by atoms with Crippen molar-refractivity contribution in [2.24, 2.45) is 0 Å². The number of hydrogen-bond acceptors (Lipinski definition) is 4. The minimum absolute atomic E-state index is 0.262. The summed E-state index contributed by atoms with van der Waals surface area (Å²) < 4.78 is 0. The largest absolute Gasteiger partial charge is 0.356 e. The van der Waals surface area contributed by atoms with Gasteiger partial charge in [0.25, 0.3) is 0 Å². The summed E-state index contributed by atoms with van der Waals surface area (Å²) in [6, 6.07) is 5.58. The molecule has 0 aromatic carbocycles. The van der Waals surface area contributed by atoms with Crippen LogP contribution in [0.25, 0.3) is 0 Å². The Kier molecular flexibility index (Phi) is 2.39. The molecule has 1 aromatic rings. The van der Waals surface area contributed by atoms with E-state index in [2.05, 4.69) is 15.5 Å². The Morgan fingerprint density at radius 3 is 2.91 bits per heavy atom. The summed E-state index contributed by atoms with van der Waals surface area (Å²) in [6.45, 7) is 2.12. The Morgan fingerprint density at radius 2 is 2.36 bits per heavy atom. The van der Waals surface area contributed by atoms with E-state index in [1.54, 1.807) is 6.07 Å². The van der Waals surface area contributed by atoms with Gasteiger partial charge in [-0.25, -0.2) is 0 Å². The van der Waals surface area contributed by atoms with Crippen molar-refractivity contribution >= 4 is 5.82 Å². The van der Waals surface area contributed by atoms with Gasteiger partial charge in [0.15, 0.2) is 0 Å². The lowest BCUT2D eigenvalue weighted by Crippen LogP contribution is -2.01. The van der Waals surface area contributed by atoms with Crippen LogP contribution in [0.2, 0.25) is 0 Å². The average molecular weight is 148 g/mol. The van der Waals surface area contributed by atoms with Gasteiger partial charge in [0.2, 0.25) is 0 Å². The highest BCUT2D eigenvalue weighted by atomic mass is 15.2. The lowest BCUT2D eigenvalue weighted by atomic mass is 10.4. The van der Waals surface area contributed by atoms with Gasteiger partial charge >= 0.3 is 0 Å². The van der Waals surface area contributed by atoms with Crippen LogP contribution in [0.3, 0.4) is 0 Å². The van der Waals surface area contributed by atoms with Gasteiger partial charge < -0.3 is 5.32 Å². The van der Waals surface area contributed by atoms with Crippen LogP contribution in [-0.4, -0.2) is 16.7 Å². The van der Waals surface area contributed by atoms with Crippen molar-refractivity contribution in [3.63, 3.8) is 0 Å². The maximum Gasteiger partial charge on any atom is 0.149 e. The molecular weight excluding hydrogens is 140 g/mol. The number of nitrogens with one attached hydrogen (secondary N) is 1. The lowest BCUT2D eigenvalue weighted by molar-refractivity contribution is 0.977. The van der Waals surface area contributed by atoms with Gasteiger partial charge in [-0.2, -0.15) is 10.4 Å². The first-order valence-corrected chi connectivity index (χ1v) is 3.24. The third kappa shape index (κ3) is 2.22. The molecule has 1 rings (SSSR count). The summed E-state index contributed by atoms with van der Waals surface area (Å²) in [7, 11) is 0. The standard InChI is InChI=1S/C7H8N4/c1-6-2-3-7(11-10-6)9-5-4-8/h2-3H,5H2,1H3,(H,9,11). The molecular formula is C7H8N4. The highest BCUT2D eigenvalue weighted by Gasteiger charge is 1.90. The predicted octanol–water partition coefficient (Wildman–Crippen LogP) is 0.720. The number of nitriles is 1. The first-order chi connectivity index (χ1) is 5.33. The number of rotatable bonds is 2. The van der Waals surface area contributed by atoms with Gasteiger partial charge in [0, 0.05) is 0 Å². The zero-order valence-corrected chi connectivity index (χ0v) is 6.20. The summed E-state index contributed by atoms with van der Waals surface area (Å²) in [6.07, 6.45) is 0. The highest BCUT2D eigenvalue weighted by Crippen LogP contribution is 1.98. The minimum atomic E-state index is 0.262. The van der Waals surface area contributed by atoms with Gasteiger partial charge in [-0.15, -0.1) is 5.10 Å². The van der Waals surface area contributed by atoms with E-state index in [9.17, 15) is 0 Å². The second-order valence-electron chi connectivity index (χ2n) is 2.07.